The molecule has 0 aromatic carbocycles. The highest BCUT2D eigenvalue weighted by atomic mass is 127. The molecule has 2 rings (SSSR count). The van der Waals surface area contributed by atoms with Gasteiger partial charge in [0, 0.05) is 9.77 Å². The van der Waals surface area contributed by atoms with Crippen LogP contribution >= 0.6 is 22.6 Å². The van der Waals surface area contributed by atoms with Crippen molar-refractivity contribution < 1.29 is 14.6 Å². The molecule has 0 aliphatic carbocycles. The molecule has 8 heteroatoms. The minimum Gasteiger partial charge on any atom is -0.394 e. The monoisotopic (exact) mass is 432 g/mol. The van der Waals surface area contributed by atoms with E-state index in [9.17, 15) is 5.11 Å². The highest BCUT2D eigenvalue weighted by Crippen LogP contribution is 2.29. The van der Waals surface area contributed by atoms with Gasteiger partial charge in [-0.15, -0.1) is 6.58 Å². The van der Waals surface area contributed by atoms with E-state index in [2.05, 4.69) is 39.1 Å². The zero-order valence-electron chi connectivity index (χ0n) is 13.0. The van der Waals surface area contributed by atoms with Crippen LogP contribution in [0, 0.1) is 3.57 Å². The fraction of sp³-hybridized carbons (Fsp3) is 0.467. The number of ether oxygens (including phenoxy) is 2. The van der Waals surface area contributed by atoms with Crippen molar-refractivity contribution in [2.45, 2.75) is 25.7 Å². The second-order valence-corrected chi connectivity index (χ2v) is 6.13. The summed E-state index contributed by atoms with van der Waals surface area (Å²) in [5, 5.41) is 10.3. The van der Waals surface area contributed by atoms with Crippen LogP contribution in [-0.4, -0.2) is 45.6 Å². The van der Waals surface area contributed by atoms with Crippen molar-refractivity contribution >= 4 is 39.4 Å². The first kappa shape index (κ1) is 18.1. The van der Waals surface area contributed by atoms with Crippen LogP contribution in [0.3, 0.4) is 0 Å². The Bertz CT molecular complexity index is 661. The molecule has 0 spiro atoms. The number of hydrogen-bond donors (Lipinski definition) is 2. The molecule has 0 aliphatic rings. The predicted molar refractivity (Wildman–Crippen MR) is 97.0 cm³/mol. The lowest BCUT2D eigenvalue weighted by Gasteiger charge is -2.24. The molecule has 126 valence electrons. The van der Waals surface area contributed by atoms with E-state index in [4.69, 9.17) is 15.2 Å². The smallest absolute Gasteiger partial charge is 0.148 e. The molecule has 0 saturated heterocycles. The first-order valence-corrected chi connectivity index (χ1v) is 8.41. The maximum absolute atomic E-state index is 9.49. The van der Waals surface area contributed by atoms with Crippen LogP contribution in [-0.2, 0) is 9.47 Å². The Kier molecular flexibility index (Phi) is 6.75. The van der Waals surface area contributed by atoms with Gasteiger partial charge in [-0.3, -0.25) is 0 Å². The molecule has 0 amide bonds. The Hall–Kier alpha value is -1.23. The summed E-state index contributed by atoms with van der Waals surface area (Å²) in [7, 11) is 0. The van der Waals surface area contributed by atoms with Gasteiger partial charge in [-0.2, -0.15) is 0 Å². The fourth-order valence-electron chi connectivity index (χ4n) is 2.28. The molecular weight excluding hydrogens is 411 g/mol. The van der Waals surface area contributed by atoms with Crippen LogP contribution in [0.15, 0.2) is 25.2 Å². The number of hydrogen-bond acceptors (Lipinski definition) is 6. The summed E-state index contributed by atoms with van der Waals surface area (Å²) < 4.78 is 14.2. The lowest BCUT2D eigenvalue weighted by Crippen LogP contribution is -2.28. The molecule has 2 heterocycles. The van der Waals surface area contributed by atoms with E-state index in [0.717, 1.165) is 14.6 Å². The average Bonchev–Trinajstić information content (AvgIpc) is 2.89. The summed E-state index contributed by atoms with van der Waals surface area (Å²) in [5.74, 6) is 0.445. The van der Waals surface area contributed by atoms with E-state index < -0.39 is 6.10 Å². The van der Waals surface area contributed by atoms with Crippen molar-refractivity contribution in [2.75, 3.05) is 25.6 Å². The summed E-state index contributed by atoms with van der Waals surface area (Å²) in [5.41, 5.74) is 6.66. The number of anilines is 1. The number of fused-ring (bicyclic) bond motifs is 1. The highest BCUT2D eigenvalue weighted by Gasteiger charge is 2.21. The summed E-state index contributed by atoms with van der Waals surface area (Å²) in [6.07, 6.45) is 5.04. The third-order valence-electron chi connectivity index (χ3n) is 3.34. The molecule has 0 radical (unpaired) electrons. The number of rotatable bonds is 9. The SMILES string of the molecule is C=CCOC[C@@H](CO)O[C@H](CC)n1cc(I)c2c(N)ncnc21. The number of nitrogen functional groups attached to an aromatic ring is 1. The Morgan fingerprint density at radius 2 is 2.30 bits per heavy atom. The zero-order valence-corrected chi connectivity index (χ0v) is 15.1. The normalized spacial score (nSPS) is 14.0. The van der Waals surface area contributed by atoms with Gasteiger partial charge in [-0.1, -0.05) is 13.0 Å². The minimum atomic E-state index is -0.422. The van der Waals surface area contributed by atoms with Crippen molar-refractivity contribution in [1.82, 2.24) is 14.5 Å². The molecule has 3 N–H and O–H groups in total. The van der Waals surface area contributed by atoms with Gasteiger partial charge in [0.15, 0.2) is 0 Å². The van der Waals surface area contributed by atoms with Gasteiger partial charge in [-0.25, -0.2) is 9.97 Å². The molecule has 0 saturated carbocycles. The number of halogens is 1. The molecule has 2 aromatic rings. The molecule has 0 fully saturated rings. The maximum atomic E-state index is 9.49. The van der Waals surface area contributed by atoms with Crippen molar-refractivity contribution in [2.24, 2.45) is 0 Å². The first-order valence-electron chi connectivity index (χ1n) is 7.33. The van der Waals surface area contributed by atoms with Gasteiger partial charge in [0.2, 0.25) is 0 Å². The lowest BCUT2D eigenvalue weighted by atomic mass is 10.3. The van der Waals surface area contributed by atoms with Crippen molar-refractivity contribution in [3.05, 3.63) is 28.7 Å². The number of aliphatic hydroxyl groups is 1. The van der Waals surface area contributed by atoms with Gasteiger partial charge in [0.25, 0.3) is 0 Å². The van der Waals surface area contributed by atoms with Crippen molar-refractivity contribution in [3.63, 3.8) is 0 Å². The topological polar surface area (TPSA) is 95.4 Å². The Labute approximate surface area is 148 Å². The largest absolute Gasteiger partial charge is 0.394 e. The van der Waals surface area contributed by atoms with E-state index in [1.807, 2.05) is 17.7 Å². The molecule has 23 heavy (non-hydrogen) atoms. The Morgan fingerprint density at radius 3 is 2.96 bits per heavy atom. The van der Waals surface area contributed by atoms with Crippen LogP contribution in [0.2, 0.25) is 0 Å². The van der Waals surface area contributed by atoms with Gasteiger partial charge in [0.1, 0.15) is 30.1 Å². The Balaban J connectivity index is 2.23. The quantitative estimate of drug-likeness (QED) is 0.358. The number of aliphatic hydroxyl groups excluding tert-OH is 1. The summed E-state index contributed by atoms with van der Waals surface area (Å²) in [4.78, 5) is 8.35. The van der Waals surface area contributed by atoms with Crippen molar-refractivity contribution in [1.29, 1.82) is 0 Å². The molecule has 0 bridgehead atoms. The average molecular weight is 432 g/mol. The summed E-state index contributed by atoms with van der Waals surface area (Å²) in [6.45, 7) is 6.20. The predicted octanol–water partition coefficient (Wildman–Crippen LogP) is 2.11. The van der Waals surface area contributed by atoms with E-state index >= 15 is 0 Å². The second kappa shape index (κ2) is 8.57. The van der Waals surface area contributed by atoms with Crippen LogP contribution < -0.4 is 5.73 Å². The Morgan fingerprint density at radius 1 is 1.52 bits per heavy atom. The van der Waals surface area contributed by atoms with Crippen LogP contribution in [0.25, 0.3) is 11.0 Å². The first-order chi connectivity index (χ1) is 11.1. The standard InChI is InChI=1S/C15H21IN4O3/c1-3-5-22-8-10(7-21)23-12(4-2)20-6-11(16)13-14(17)18-9-19-15(13)20/h3,6,9-10,12,21H,1,4-5,7-8H2,2H3,(H2,17,18,19)/t10-,12-/m1/s1. The molecule has 0 aliphatic heterocycles. The second-order valence-electron chi connectivity index (χ2n) is 4.97. The minimum absolute atomic E-state index is 0.124. The molecule has 2 atom stereocenters. The molecule has 7 nitrogen and oxygen atoms in total. The number of aromatic nitrogens is 3. The molecular formula is C15H21IN4O3. The van der Waals surface area contributed by atoms with Crippen LogP contribution in [0.4, 0.5) is 5.82 Å². The van der Waals surface area contributed by atoms with Crippen LogP contribution in [0.5, 0.6) is 0 Å². The molecule has 2 aromatic heterocycles. The van der Waals surface area contributed by atoms with Crippen molar-refractivity contribution in [3.8, 4) is 0 Å². The van der Waals surface area contributed by atoms with Crippen LogP contribution in [0.1, 0.15) is 19.6 Å². The third kappa shape index (κ3) is 4.19. The molecule has 0 unspecified atom stereocenters. The summed E-state index contributed by atoms with van der Waals surface area (Å²) >= 11 is 2.20. The third-order valence-corrected chi connectivity index (χ3v) is 4.16. The maximum Gasteiger partial charge on any atom is 0.148 e. The van der Waals surface area contributed by atoms with Gasteiger partial charge in [-0.05, 0) is 29.0 Å². The fourth-order valence-corrected chi connectivity index (χ4v) is 3.10. The van der Waals surface area contributed by atoms with E-state index in [1.165, 1.54) is 6.33 Å². The number of nitrogens with two attached hydrogens (primary N) is 1. The van der Waals surface area contributed by atoms with Gasteiger partial charge < -0.3 is 24.9 Å². The number of nitrogens with zero attached hydrogens (tertiary/aromatic N) is 3. The lowest BCUT2D eigenvalue weighted by molar-refractivity contribution is -0.102. The van der Waals surface area contributed by atoms with Gasteiger partial charge in [0.05, 0.1) is 25.2 Å². The summed E-state index contributed by atoms with van der Waals surface area (Å²) in [6, 6.07) is 0. The van der Waals surface area contributed by atoms with E-state index in [0.29, 0.717) is 25.5 Å². The van der Waals surface area contributed by atoms with Gasteiger partial charge >= 0.3 is 0 Å². The zero-order chi connectivity index (χ0) is 16.8. The van der Waals surface area contributed by atoms with E-state index in [-0.39, 0.29) is 12.8 Å². The highest BCUT2D eigenvalue weighted by molar-refractivity contribution is 14.1. The van der Waals surface area contributed by atoms with E-state index in [1.54, 1.807) is 6.08 Å².